The molecule has 4 nitrogen and oxygen atoms in total. The SMILES string of the molecule is CC(C)N(CC(N)=S)C(=O)COCC(F)(F)F. The number of ether oxygens (including phenoxy) is 1. The number of carbonyl (C=O) groups excluding carboxylic acids is 1. The van der Waals surface area contributed by atoms with Gasteiger partial charge in [-0.2, -0.15) is 13.2 Å². The molecule has 0 saturated carbocycles. The molecule has 0 aliphatic rings. The molecule has 17 heavy (non-hydrogen) atoms. The number of alkyl halides is 3. The third kappa shape index (κ3) is 7.92. The Morgan fingerprint density at radius 1 is 1.47 bits per heavy atom. The minimum absolute atomic E-state index is 0.0290. The predicted octanol–water partition coefficient (Wildman–Crippen LogP) is 1.09. The Kier molecular flexibility index (Phi) is 6.40. The highest BCUT2D eigenvalue weighted by atomic mass is 32.1. The maximum Gasteiger partial charge on any atom is 0.411 e. The van der Waals surface area contributed by atoms with Crippen LogP contribution in [0, 0.1) is 0 Å². The molecule has 0 aromatic heterocycles. The van der Waals surface area contributed by atoms with Gasteiger partial charge in [0.05, 0.1) is 11.5 Å². The Hall–Kier alpha value is -0.890. The van der Waals surface area contributed by atoms with Crippen molar-refractivity contribution in [1.29, 1.82) is 0 Å². The van der Waals surface area contributed by atoms with E-state index in [2.05, 4.69) is 17.0 Å². The van der Waals surface area contributed by atoms with Crippen molar-refractivity contribution in [2.75, 3.05) is 19.8 Å². The molecule has 0 fully saturated rings. The molecule has 0 aromatic rings. The van der Waals surface area contributed by atoms with Gasteiger partial charge in [0.15, 0.2) is 0 Å². The quantitative estimate of drug-likeness (QED) is 0.735. The van der Waals surface area contributed by atoms with Crippen molar-refractivity contribution in [2.24, 2.45) is 5.73 Å². The second kappa shape index (κ2) is 6.75. The first-order valence-corrected chi connectivity index (χ1v) is 5.26. The Bertz CT molecular complexity index is 282. The van der Waals surface area contributed by atoms with Gasteiger partial charge in [0.1, 0.15) is 13.2 Å². The number of hydrogen-bond acceptors (Lipinski definition) is 3. The largest absolute Gasteiger partial charge is 0.411 e. The molecule has 1 amide bonds. The van der Waals surface area contributed by atoms with Crippen LogP contribution in [0.2, 0.25) is 0 Å². The topological polar surface area (TPSA) is 55.6 Å². The minimum atomic E-state index is -4.44. The summed E-state index contributed by atoms with van der Waals surface area (Å²) in [5, 5.41) is 0. The average molecular weight is 272 g/mol. The van der Waals surface area contributed by atoms with Crippen molar-refractivity contribution < 1.29 is 22.7 Å². The molecular weight excluding hydrogens is 257 g/mol. The van der Waals surface area contributed by atoms with E-state index in [1.165, 1.54) is 4.90 Å². The maximum absolute atomic E-state index is 11.8. The van der Waals surface area contributed by atoms with E-state index >= 15 is 0 Å². The zero-order valence-corrected chi connectivity index (χ0v) is 10.4. The standard InChI is InChI=1S/C9H15F3N2O2S/c1-6(2)14(3-7(13)17)8(15)4-16-5-9(10,11)12/h6H,3-5H2,1-2H3,(H2,13,17). The summed E-state index contributed by atoms with van der Waals surface area (Å²) in [6.45, 7) is 1.36. The van der Waals surface area contributed by atoms with E-state index in [1.807, 2.05) is 0 Å². The fourth-order valence-electron chi connectivity index (χ4n) is 1.06. The summed E-state index contributed by atoms with van der Waals surface area (Å²) in [6, 6.07) is -0.210. The van der Waals surface area contributed by atoms with Crippen molar-refractivity contribution in [3.05, 3.63) is 0 Å². The van der Waals surface area contributed by atoms with Gasteiger partial charge in [-0.1, -0.05) is 12.2 Å². The molecule has 8 heteroatoms. The van der Waals surface area contributed by atoms with E-state index in [0.717, 1.165) is 0 Å². The monoisotopic (exact) mass is 272 g/mol. The normalized spacial score (nSPS) is 11.6. The molecule has 0 heterocycles. The van der Waals surface area contributed by atoms with Crippen molar-refractivity contribution in [3.8, 4) is 0 Å². The lowest BCUT2D eigenvalue weighted by Crippen LogP contribution is -2.44. The second-order valence-corrected chi connectivity index (χ2v) is 4.21. The van der Waals surface area contributed by atoms with Gasteiger partial charge in [-0.05, 0) is 13.8 Å². The molecule has 0 aromatic carbocycles. The van der Waals surface area contributed by atoms with Crippen LogP contribution in [0.1, 0.15) is 13.8 Å². The molecule has 0 aliphatic heterocycles. The first kappa shape index (κ1) is 16.1. The van der Waals surface area contributed by atoms with E-state index in [-0.39, 0.29) is 17.6 Å². The van der Waals surface area contributed by atoms with Gasteiger partial charge in [-0.3, -0.25) is 4.79 Å². The number of thiocarbonyl (C=S) groups is 1. The number of amides is 1. The van der Waals surface area contributed by atoms with Crippen LogP contribution in [-0.4, -0.2) is 47.8 Å². The van der Waals surface area contributed by atoms with Crippen LogP contribution in [-0.2, 0) is 9.53 Å². The van der Waals surface area contributed by atoms with Crippen LogP contribution in [0.4, 0.5) is 13.2 Å². The fourth-order valence-corrected chi connectivity index (χ4v) is 1.20. The Morgan fingerprint density at radius 2 is 2.00 bits per heavy atom. The zero-order chi connectivity index (χ0) is 13.6. The van der Waals surface area contributed by atoms with Gasteiger partial charge in [0.2, 0.25) is 5.91 Å². The minimum Gasteiger partial charge on any atom is -0.392 e. The van der Waals surface area contributed by atoms with Crippen molar-refractivity contribution >= 4 is 23.1 Å². The van der Waals surface area contributed by atoms with Gasteiger partial charge in [0.25, 0.3) is 0 Å². The summed E-state index contributed by atoms with van der Waals surface area (Å²) >= 11 is 4.65. The molecule has 0 saturated heterocycles. The van der Waals surface area contributed by atoms with Crippen LogP contribution in [0.5, 0.6) is 0 Å². The van der Waals surface area contributed by atoms with Gasteiger partial charge in [0, 0.05) is 6.04 Å². The summed E-state index contributed by atoms with van der Waals surface area (Å²) in [5.74, 6) is -0.572. The number of rotatable bonds is 6. The van der Waals surface area contributed by atoms with Crippen molar-refractivity contribution in [2.45, 2.75) is 26.1 Å². The lowest BCUT2D eigenvalue weighted by atomic mass is 10.3. The smallest absolute Gasteiger partial charge is 0.392 e. The Balaban J connectivity index is 4.20. The average Bonchev–Trinajstić information content (AvgIpc) is 2.11. The summed E-state index contributed by atoms with van der Waals surface area (Å²) < 4.78 is 39.6. The molecule has 0 unspecified atom stereocenters. The molecular formula is C9H15F3N2O2S. The van der Waals surface area contributed by atoms with Gasteiger partial charge in [-0.15, -0.1) is 0 Å². The molecule has 0 radical (unpaired) electrons. The number of hydrogen-bond donors (Lipinski definition) is 1. The molecule has 0 rings (SSSR count). The highest BCUT2D eigenvalue weighted by molar-refractivity contribution is 7.80. The summed E-state index contributed by atoms with van der Waals surface area (Å²) in [6.07, 6.45) is -4.44. The predicted molar refractivity (Wildman–Crippen MR) is 60.5 cm³/mol. The summed E-state index contributed by atoms with van der Waals surface area (Å²) in [4.78, 5) is 12.9. The van der Waals surface area contributed by atoms with E-state index < -0.39 is 25.3 Å². The van der Waals surface area contributed by atoms with E-state index in [0.29, 0.717) is 0 Å². The van der Waals surface area contributed by atoms with Gasteiger partial charge < -0.3 is 15.4 Å². The van der Waals surface area contributed by atoms with Crippen LogP contribution < -0.4 is 5.73 Å². The van der Waals surface area contributed by atoms with E-state index in [9.17, 15) is 18.0 Å². The highest BCUT2D eigenvalue weighted by Gasteiger charge is 2.28. The maximum atomic E-state index is 11.8. The van der Waals surface area contributed by atoms with Crippen LogP contribution >= 0.6 is 12.2 Å². The Labute approximate surface area is 103 Å². The molecule has 0 bridgehead atoms. The van der Waals surface area contributed by atoms with Crippen LogP contribution in [0.3, 0.4) is 0 Å². The molecule has 0 spiro atoms. The highest BCUT2D eigenvalue weighted by Crippen LogP contribution is 2.14. The first-order chi connectivity index (χ1) is 7.63. The third-order valence-corrected chi connectivity index (χ3v) is 1.89. The molecule has 2 N–H and O–H groups in total. The molecule has 0 aliphatic carbocycles. The molecule has 100 valence electrons. The van der Waals surface area contributed by atoms with Gasteiger partial charge >= 0.3 is 6.18 Å². The van der Waals surface area contributed by atoms with Crippen molar-refractivity contribution in [3.63, 3.8) is 0 Å². The number of carbonyl (C=O) groups is 1. The van der Waals surface area contributed by atoms with Crippen LogP contribution in [0.15, 0.2) is 0 Å². The van der Waals surface area contributed by atoms with E-state index in [1.54, 1.807) is 13.8 Å². The third-order valence-electron chi connectivity index (χ3n) is 1.76. The lowest BCUT2D eigenvalue weighted by molar-refractivity contribution is -0.178. The zero-order valence-electron chi connectivity index (χ0n) is 9.58. The number of nitrogens with two attached hydrogens (primary N) is 1. The summed E-state index contributed by atoms with van der Waals surface area (Å²) in [7, 11) is 0. The fraction of sp³-hybridized carbons (Fsp3) is 0.778. The summed E-state index contributed by atoms with van der Waals surface area (Å²) in [5.41, 5.74) is 5.28. The van der Waals surface area contributed by atoms with Crippen LogP contribution in [0.25, 0.3) is 0 Å². The molecule has 0 atom stereocenters. The number of nitrogens with zero attached hydrogens (tertiary/aromatic N) is 1. The number of halogens is 3. The lowest BCUT2D eigenvalue weighted by Gasteiger charge is -2.26. The Morgan fingerprint density at radius 3 is 2.35 bits per heavy atom. The first-order valence-electron chi connectivity index (χ1n) is 4.85. The second-order valence-electron chi connectivity index (χ2n) is 3.69. The van der Waals surface area contributed by atoms with Gasteiger partial charge in [-0.25, -0.2) is 0 Å². The van der Waals surface area contributed by atoms with Crippen molar-refractivity contribution in [1.82, 2.24) is 4.90 Å². The van der Waals surface area contributed by atoms with E-state index in [4.69, 9.17) is 5.73 Å².